The van der Waals surface area contributed by atoms with E-state index in [1.807, 2.05) is 12.1 Å². The molecule has 0 bridgehead atoms. The molecule has 2 rings (SSSR count). The van der Waals surface area contributed by atoms with E-state index in [0.29, 0.717) is 16.7 Å². The zero-order chi connectivity index (χ0) is 14.5. The van der Waals surface area contributed by atoms with Crippen molar-refractivity contribution in [2.75, 3.05) is 5.32 Å². The third-order valence-corrected chi connectivity index (χ3v) is 3.29. The van der Waals surface area contributed by atoms with Crippen LogP contribution in [0.15, 0.2) is 46.9 Å². The standard InChI is InChI=1S/C15H13BrFNO2/c16-12-5-6-14(13(17)8-12)18-9-11-3-1-10(2-4-11)7-15(19)20/h1-6,8,18H,7,9H2,(H,19,20). The SMILES string of the molecule is O=C(O)Cc1ccc(CNc2ccc(Br)cc2F)cc1. The van der Waals surface area contributed by atoms with Crippen molar-refractivity contribution >= 4 is 27.6 Å². The Morgan fingerprint density at radius 1 is 1.15 bits per heavy atom. The third kappa shape index (κ3) is 4.06. The van der Waals surface area contributed by atoms with E-state index in [0.717, 1.165) is 11.1 Å². The smallest absolute Gasteiger partial charge is 0.307 e. The molecule has 0 amide bonds. The summed E-state index contributed by atoms with van der Waals surface area (Å²) in [6.45, 7) is 0.478. The molecule has 0 spiro atoms. The number of halogens is 2. The van der Waals surface area contributed by atoms with Crippen molar-refractivity contribution in [1.29, 1.82) is 0 Å². The van der Waals surface area contributed by atoms with Crippen LogP contribution in [0.5, 0.6) is 0 Å². The molecule has 5 heteroatoms. The van der Waals surface area contributed by atoms with E-state index in [-0.39, 0.29) is 12.2 Å². The van der Waals surface area contributed by atoms with Crippen LogP contribution in [-0.2, 0) is 17.8 Å². The van der Waals surface area contributed by atoms with Gasteiger partial charge in [0, 0.05) is 11.0 Å². The van der Waals surface area contributed by atoms with E-state index in [1.54, 1.807) is 24.3 Å². The Balaban J connectivity index is 1.98. The number of anilines is 1. The van der Waals surface area contributed by atoms with E-state index in [2.05, 4.69) is 21.2 Å². The summed E-state index contributed by atoms with van der Waals surface area (Å²) in [5.41, 5.74) is 2.14. The summed E-state index contributed by atoms with van der Waals surface area (Å²) in [5.74, 6) is -1.17. The lowest BCUT2D eigenvalue weighted by Crippen LogP contribution is -2.03. The van der Waals surface area contributed by atoms with Gasteiger partial charge in [-0.2, -0.15) is 0 Å². The van der Waals surface area contributed by atoms with Crippen LogP contribution in [0.2, 0.25) is 0 Å². The number of aliphatic carboxylic acids is 1. The predicted molar refractivity (Wildman–Crippen MR) is 79.2 cm³/mol. The number of nitrogens with one attached hydrogen (secondary N) is 1. The molecule has 0 aliphatic rings. The molecule has 0 unspecified atom stereocenters. The van der Waals surface area contributed by atoms with Crippen LogP contribution in [0.25, 0.3) is 0 Å². The first-order valence-corrected chi connectivity index (χ1v) is 6.82. The van der Waals surface area contributed by atoms with Gasteiger partial charge in [0.05, 0.1) is 12.1 Å². The van der Waals surface area contributed by atoms with Gasteiger partial charge in [-0.1, -0.05) is 40.2 Å². The second-order valence-corrected chi connectivity index (χ2v) is 5.28. The van der Waals surface area contributed by atoms with Crippen LogP contribution in [0.3, 0.4) is 0 Å². The van der Waals surface area contributed by atoms with Crippen LogP contribution in [0.4, 0.5) is 10.1 Å². The van der Waals surface area contributed by atoms with Gasteiger partial charge in [0.25, 0.3) is 0 Å². The average Bonchev–Trinajstić information content (AvgIpc) is 2.39. The molecular formula is C15H13BrFNO2. The van der Waals surface area contributed by atoms with E-state index in [9.17, 15) is 9.18 Å². The first kappa shape index (κ1) is 14.5. The fourth-order valence-electron chi connectivity index (χ4n) is 1.78. The lowest BCUT2D eigenvalue weighted by Gasteiger charge is -2.08. The van der Waals surface area contributed by atoms with Gasteiger partial charge in [0.1, 0.15) is 5.82 Å². The van der Waals surface area contributed by atoms with Gasteiger partial charge in [-0.15, -0.1) is 0 Å². The fourth-order valence-corrected chi connectivity index (χ4v) is 2.11. The highest BCUT2D eigenvalue weighted by Crippen LogP contribution is 2.20. The zero-order valence-electron chi connectivity index (χ0n) is 10.6. The Bertz CT molecular complexity index is 614. The normalized spacial score (nSPS) is 10.3. The van der Waals surface area contributed by atoms with E-state index >= 15 is 0 Å². The first-order valence-electron chi connectivity index (χ1n) is 6.03. The Morgan fingerprint density at radius 3 is 2.40 bits per heavy atom. The molecule has 2 aromatic carbocycles. The van der Waals surface area contributed by atoms with Crippen LogP contribution in [-0.4, -0.2) is 11.1 Å². The summed E-state index contributed by atoms with van der Waals surface area (Å²) in [6.07, 6.45) is 0.00898. The third-order valence-electron chi connectivity index (χ3n) is 2.79. The maximum Gasteiger partial charge on any atom is 0.307 e. The minimum absolute atomic E-state index is 0.00898. The molecule has 0 atom stereocenters. The fraction of sp³-hybridized carbons (Fsp3) is 0.133. The van der Waals surface area contributed by atoms with Crippen molar-refractivity contribution in [3.8, 4) is 0 Å². The molecule has 0 heterocycles. The molecule has 0 fully saturated rings. The molecule has 0 saturated carbocycles. The number of carboxylic acid groups (broad SMARTS) is 1. The molecule has 0 saturated heterocycles. The highest BCUT2D eigenvalue weighted by atomic mass is 79.9. The Labute approximate surface area is 124 Å². The van der Waals surface area contributed by atoms with Gasteiger partial charge >= 0.3 is 5.97 Å². The van der Waals surface area contributed by atoms with Crippen molar-refractivity contribution in [3.63, 3.8) is 0 Å². The highest BCUT2D eigenvalue weighted by Gasteiger charge is 2.03. The summed E-state index contributed by atoms with van der Waals surface area (Å²) in [6, 6.07) is 12.0. The van der Waals surface area contributed by atoms with E-state index in [4.69, 9.17) is 5.11 Å². The molecule has 3 nitrogen and oxygen atoms in total. The Kier molecular flexibility index (Phi) is 4.74. The van der Waals surface area contributed by atoms with Crippen molar-refractivity contribution in [1.82, 2.24) is 0 Å². The quantitative estimate of drug-likeness (QED) is 0.871. The van der Waals surface area contributed by atoms with E-state index < -0.39 is 5.97 Å². The average molecular weight is 338 g/mol. The number of hydrogen-bond donors (Lipinski definition) is 2. The van der Waals surface area contributed by atoms with Crippen molar-refractivity contribution in [2.24, 2.45) is 0 Å². The van der Waals surface area contributed by atoms with Crippen LogP contribution >= 0.6 is 15.9 Å². The monoisotopic (exact) mass is 337 g/mol. The largest absolute Gasteiger partial charge is 0.481 e. The molecule has 2 N–H and O–H groups in total. The van der Waals surface area contributed by atoms with Crippen molar-refractivity contribution in [3.05, 3.63) is 63.9 Å². The minimum Gasteiger partial charge on any atom is -0.481 e. The number of carboxylic acids is 1. The molecule has 0 aliphatic carbocycles. The predicted octanol–water partition coefficient (Wildman–Crippen LogP) is 3.83. The molecular weight excluding hydrogens is 325 g/mol. The minimum atomic E-state index is -0.854. The number of hydrogen-bond acceptors (Lipinski definition) is 2. The van der Waals surface area contributed by atoms with Crippen LogP contribution in [0, 0.1) is 5.82 Å². The molecule has 0 radical (unpaired) electrons. The Hall–Kier alpha value is -1.88. The molecule has 104 valence electrons. The van der Waals surface area contributed by atoms with Gasteiger partial charge in [-0.25, -0.2) is 4.39 Å². The van der Waals surface area contributed by atoms with Gasteiger partial charge in [0.15, 0.2) is 0 Å². The van der Waals surface area contributed by atoms with E-state index in [1.165, 1.54) is 6.07 Å². The van der Waals surface area contributed by atoms with Gasteiger partial charge < -0.3 is 10.4 Å². The number of rotatable bonds is 5. The zero-order valence-corrected chi connectivity index (χ0v) is 12.2. The molecule has 2 aromatic rings. The van der Waals surface area contributed by atoms with Crippen molar-refractivity contribution < 1.29 is 14.3 Å². The second kappa shape index (κ2) is 6.52. The lowest BCUT2D eigenvalue weighted by molar-refractivity contribution is -0.136. The number of benzene rings is 2. The van der Waals surface area contributed by atoms with Gasteiger partial charge in [-0.05, 0) is 29.3 Å². The summed E-state index contributed by atoms with van der Waals surface area (Å²) < 4.78 is 14.3. The molecule has 0 aliphatic heterocycles. The maximum atomic E-state index is 13.6. The maximum absolute atomic E-state index is 13.6. The molecule has 20 heavy (non-hydrogen) atoms. The molecule has 0 aromatic heterocycles. The first-order chi connectivity index (χ1) is 9.54. The van der Waals surface area contributed by atoms with Crippen LogP contribution < -0.4 is 5.32 Å². The summed E-state index contributed by atoms with van der Waals surface area (Å²) >= 11 is 3.20. The van der Waals surface area contributed by atoms with Gasteiger partial charge in [0.2, 0.25) is 0 Å². The van der Waals surface area contributed by atoms with Crippen LogP contribution in [0.1, 0.15) is 11.1 Å². The van der Waals surface area contributed by atoms with Gasteiger partial charge in [-0.3, -0.25) is 4.79 Å². The summed E-state index contributed by atoms with van der Waals surface area (Å²) in [4.78, 5) is 10.6. The lowest BCUT2D eigenvalue weighted by atomic mass is 10.1. The second-order valence-electron chi connectivity index (χ2n) is 4.36. The summed E-state index contributed by atoms with van der Waals surface area (Å²) in [7, 11) is 0. The Morgan fingerprint density at radius 2 is 1.80 bits per heavy atom. The number of carbonyl (C=O) groups is 1. The van der Waals surface area contributed by atoms with Crippen molar-refractivity contribution in [2.45, 2.75) is 13.0 Å². The topological polar surface area (TPSA) is 49.3 Å². The highest BCUT2D eigenvalue weighted by molar-refractivity contribution is 9.10. The summed E-state index contributed by atoms with van der Waals surface area (Å²) in [5, 5.41) is 11.7.